The number of nitrogens with zero attached hydrogens (tertiary/aromatic N) is 1. The van der Waals surface area contributed by atoms with E-state index in [0.29, 0.717) is 47.3 Å². The first-order valence-corrected chi connectivity index (χ1v) is 11.4. The fraction of sp³-hybridized carbons (Fsp3) is 0.308. The lowest BCUT2D eigenvalue weighted by Crippen LogP contribution is -2.43. The van der Waals surface area contributed by atoms with Gasteiger partial charge >= 0.3 is 0 Å². The number of hydrogen-bond acceptors (Lipinski definition) is 5. The molecule has 1 atom stereocenters. The summed E-state index contributed by atoms with van der Waals surface area (Å²) in [6, 6.07) is 14.5. The number of benzene rings is 3. The number of rotatable bonds is 6. The number of piperidine rings is 1. The van der Waals surface area contributed by atoms with Crippen molar-refractivity contribution >= 4 is 39.9 Å². The quantitative estimate of drug-likeness (QED) is 0.534. The van der Waals surface area contributed by atoms with E-state index >= 15 is 0 Å². The molecule has 8 heteroatoms. The molecule has 1 aliphatic heterocycles. The first kappa shape index (κ1) is 23.7. The molecule has 1 aliphatic rings. The molecule has 1 saturated heterocycles. The first-order chi connectivity index (χ1) is 16.5. The molecule has 0 unspecified atom stereocenters. The largest absolute Gasteiger partial charge is 0.496 e. The number of carbonyl (C=O) groups excluding carboxylic acids is 2. The normalized spacial score (nSPS) is 15.6. The van der Waals surface area contributed by atoms with Gasteiger partial charge in [0, 0.05) is 36.2 Å². The van der Waals surface area contributed by atoms with E-state index in [0.717, 1.165) is 22.9 Å². The van der Waals surface area contributed by atoms with E-state index in [1.165, 1.54) is 14.2 Å². The van der Waals surface area contributed by atoms with Crippen LogP contribution >= 0.6 is 11.6 Å². The highest BCUT2D eigenvalue weighted by molar-refractivity contribution is 6.32. The van der Waals surface area contributed by atoms with Crippen LogP contribution in [0.15, 0.2) is 48.5 Å². The van der Waals surface area contributed by atoms with Crippen molar-refractivity contribution in [3.05, 3.63) is 59.1 Å². The van der Waals surface area contributed by atoms with Crippen LogP contribution in [0.4, 0.5) is 5.69 Å². The average molecular weight is 483 g/mol. The predicted octanol–water partition coefficient (Wildman–Crippen LogP) is 5.01. The summed E-state index contributed by atoms with van der Waals surface area (Å²) in [4.78, 5) is 28.3. The van der Waals surface area contributed by atoms with Crippen molar-refractivity contribution in [3.8, 4) is 17.2 Å². The topological polar surface area (TPSA) is 77.1 Å². The molecule has 7 nitrogen and oxygen atoms in total. The molecule has 0 aromatic heterocycles. The molecule has 178 valence electrons. The molecule has 0 saturated carbocycles. The number of methoxy groups -OCH3 is 3. The Labute approximate surface area is 203 Å². The van der Waals surface area contributed by atoms with E-state index in [-0.39, 0.29) is 17.7 Å². The molecule has 0 bridgehead atoms. The Morgan fingerprint density at radius 2 is 1.65 bits per heavy atom. The third kappa shape index (κ3) is 4.61. The summed E-state index contributed by atoms with van der Waals surface area (Å²) in [5, 5.41) is 5.02. The van der Waals surface area contributed by atoms with Crippen LogP contribution in [0.25, 0.3) is 10.8 Å². The Morgan fingerprint density at radius 1 is 0.941 bits per heavy atom. The number of amides is 2. The molecule has 34 heavy (non-hydrogen) atoms. The second kappa shape index (κ2) is 10.2. The lowest BCUT2D eigenvalue weighted by molar-refractivity contribution is -0.121. The second-order valence-corrected chi connectivity index (χ2v) is 8.53. The summed E-state index contributed by atoms with van der Waals surface area (Å²) in [5.41, 5.74) is 1.07. The third-order valence-corrected chi connectivity index (χ3v) is 6.44. The van der Waals surface area contributed by atoms with Crippen LogP contribution in [0.2, 0.25) is 5.02 Å². The van der Waals surface area contributed by atoms with Crippen LogP contribution < -0.4 is 19.5 Å². The fourth-order valence-electron chi connectivity index (χ4n) is 4.37. The van der Waals surface area contributed by atoms with Gasteiger partial charge in [0.2, 0.25) is 5.91 Å². The number of nitrogens with one attached hydrogen (secondary N) is 1. The van der Waals surface area contributed by atoms with E-state index in [2.05, 4.69) is 5.32 Å². The molecule has 1 fully saturated rings. The smallest absolute Gasteiger partial charge is 0.254 e. The van der Waals surface area contributed by atoms with Crippen molar-refractivity contribution in [2.75, 3.05) is 39.7 Å². The molecule has 0 spiro atoms. The molecule has 1 N–H and O–H groups in total. The third-order valence-electron chi connectivity index (χ3n) is 6.15. The standard InChI is InChI=1S/C26H27ClN2O5/c1-32-22-11-10-19(17-8-4-5-9-18(17)22)26(31)29-12-6-7-16(15-29)25(30)28-21-14-23(33-2)20(27)13-24(21)34-3/h4-5,8-11,13-14,16H,6-7,12,15H2,1-3H3,(H,28,30)/t16-/m1/s1. The molecule has 3 aromatic carbocycles. The van der Waals surface area contributed by atoms with Crippen molar-refractivity contribution < 1.29 is 23.8 Å². The first-order valence-electron chi connectivity index (χ1n) is 11.0. The van der Waals surface area contributed by atoms with Gasteiger partial charge in [-0.25, -0.2) is 0 Å². The van der Waals surface area contributed by atoms with Crippen molar-refractivity contribution in [1.82, 2.24) is 4.90 Å². The minimum atomic E-state index is -0.353. The van der Waals surface area contributed by atoms with Crippen molar-refractivity contribution in [2.45, 2.75) is 12.8 Å². The zero-order valence-corrected chi connectivity index (χ0v) is 20.1. The molecule has 4 rings (SSSR count). The lowest BCUT2D eigenvalue weighted by atomic mass is 9.95. The van der Waals surface area contributed by atoms with Gasteiger partial charge in [-0.2, -0.15) is 0 Å². The van der Waals surface area contributed by atoms with Crippen molar-refractivity contribution in [1.29, 1.82) is 0 Å². The van der Waals surface area contributed by atoms with Gasteiger partial charge in [0.25, 0.3) is 5.91 Å². The molecule has 0 aliphatic carbocycles. The molecule has 1 heterocycles. The van der Waals surface area contributed by atoms with E-state index in [1.807, 2.05) is 30.3 Å². The highest BCUT2D eigenvalue weighted by atomic mass is 35.5. The highest BCUT2D eigenvalue weighted by Crippen LogP contribution is 2.36. The van der Waals surface area contributed by atoms with E-state index < -0.39 is 0 Å². The minimum absolute atomic E-state index is 0.0953. The zero-order chi connectivity index (χ0) is 24.2. The average Bonchev–Trinajstić information content (AvgIpc) is 2.88. The summed E-state index contributed by atoms with van der Waals surface area (Å²) < 4.78 is 16.1. The Balaban J connectivity index is 1.54. The van der Waals surface area contributed by atoms with Gasteiger partial charge in [0.1, 0.15) is 17.2 Å². The van der Waals surface area contributed by atoms with E-state index in [4.69, 9.17) is 25.8 Å². The second-order valence-electron chi connectivity index (χ2n) is 8.13. The molecular weight excluding hydrogens is 456 g/mol. The fourth-order valence-corrected chi connectivity index (χ4v) is 4.61. The maximum absolute atomic E-state index is 13.5. The highest BCUT2D eigenvalue weighted by Gasteiger charge is 2.30. The number of fused-ring (bicyclic) bond motifs is 1. The van der Waals surface area contributed by atoms with Crippen LogP contribution in [0, 0.1) is 5.92 Å². The molecule has 2 amide bonds. The summed E-state index contributed by atoms with van der Waals surface area (Å²) in [6.45, 7) is 0.930. The Morgan fingerprint density at radius 3 is 2.35 bits per heavy atom. The number of anilines is 1. The van der Waals surface area contributed by atoms with Gasteiger partial charge in [-0.15, -0.1) is 0 Å². The van der Waals surface area contributed by atoms with Crippen LogP contribution in [-0.4, -0.2) is 51.1 Å². The Hall–Kier alpha value is -3.45. The predicted molar refractivity (Wildman–Crippen MR) is 132 cm³/mol. The lowest BCUT2D eigenvalue weighted by Gasteiger charge is -2.32. The number of ether oxygens (including phenoxy) is 3. The van der Waals surface area contributed by atoms with Crippen LogP contribution in [0.3, 0.4) is 0 Å². The van der Waals surface area contributed by atoms with Gasteiger partial charge < -0.3 is 24.4 Å². The molecule has 3 aromatic rings. The van der Waals surface area contributed by atoms with Crippen molar-refractivity contribution in [3.63, 3.8) is 0 Å². The van der Waals surface area contributed by atoms with Crippen molar-refractivity contribution in [2.24, 2.45) is 5.92 Å². The number of carbonyl (C=O) groups is 2. The van der Waals surface area contributed by atoms with Crippen LogP contribution in [0.1, 0.15) is 23.2 Å². The maximum atomic E-state index is 13.5. The molecule has 0 radical (unpaired) electrons. The van der Waals surface area contributed by atoms with Gasteiger partial charge in [-0.3, -0.25) is 9.59 Å². The number of halogens is 1. The SMILES string of the molecule is COc1cc(NC(=O)[C@@H]2CCCN(C(=O)c3ccc(OC)c4ccccc34)C2)c(OC)cc1Cl. The number of likely N-dealkylation sites (tertiary alicyclic amines) is 1. The van der Waals surface area contributed by atoms with Gasteiger partial charge in [-0.05, 0) is 30.4 Å². The summed E-state index contributed by atoms with van der Waals surface area (Å²) in [7, 11) is 4.63. The Kier molecular flexibility index (Phi) is 7.12. The number of hydrogen-bond donors (Lipinski definition) is 1. The maximum Gasteiger partial charge on any atom is 0.254 e. The van der Waals surface area contributed by atoms with E-state index in [1.54, 1.807) is 30.2 Å². The van der Waals surface area contributed by atoms with Crippen LogP contribution in [0.5, 0.6) is 17.2 Å². The van der Waals surface area contributed by atoms with Crippen LogP contribution in [-0.2, 0) is 4.79 Å². The monoisotopic (exact) mass is 482 g/mol. The van der Waals surface area contributed by atoms with Gasteiger partial charge in [0.05, 0.1) is 38.0 Å². The van der Waals surface area contributed by atoms with Gasteiger partial charge in [0.15, 0.2) is 0 Å². The van der Waals surface area contributed by atoms with E-state index in [9.17, 15) is 9.59 Å². The minimum Gasteiger partial charge on any atom is -0.496 e. The summed E-state index contributed by atoms with van der Waals surface area (Å²) in [5.74, 6) is 0.961. The van der Waals surface area contributed by atoms with Gasteiger partial charge in [-0.1, -0.05) is 35.9 Å². The summed E-state index contributed by atoms with van der Waals surface area (Å²) >= 11 is 6.17. The molecular formula is C26H27ClN2O5. The summed E-state index contributed by atoms with van der Waals surface area (Å²) in [6.07, 6.45) is 1.42. The zero-order valence-electron chi connectivity index (χ0n) is 19.4. The Bertz CT molecular complexity index is 1230.